The van der Waals surface area contributed by atoms with Crippen LogP contribution >= 0.6 is 0 Å². The van der Waals surface area contributed by atoms with Gasteiger partial charge in [0, 0.05) is 36.2 Å². The molecule has 1 N–H and O–H groups in total. The first-order chi connectivity index (χ1) is 12.7. The number of piperidine rings is 1. The molecule has 0 spiro atoms. The molecule has 1 aliphatic carbocycles. The quantitative estimate of drug-likeness (QED) is 0.888. The Labute approximate surface area is 161 Å². The van der Waals surface area contributed by atoms with Gasteiger partial charge in [-0.15, -0.1) is 0 Å². The van der Waals surface area contributed by atoms with Crippen molar-refractivity contribution >= 4 is 17.5 Å². The summed E-state index contributed by atoms with van der Waals surface area (Å²) in [6.45, 7) is 7.87. The van der Waals surface area contributed by atoms with Crippen molar-refractivity contribution in [1.29, 1.82) is 0 Å². The maximum atomic E-state index is 13.3. The number of hydrogen-bond acceptors (Lipinski definition) is 3. The number of carbonyl (C=O) groups is 2. The first kappa shape index (κ1) is 18.5. The Kier molecular flexibility index (Phi) is 4.34. The number of hydrogen-bond donors (Lipinski definition) is 1. The third kappa shape index (κ3) is 2.96. The normalized spacial score (nSPS) is 25.7. The van der Waals surface area contributed by atoms with Gasteiger partial charge in [-0.25, -0.2) is 0 Å². The second kappa shape index (κ2) is 6.33. The molecule has 4 rings (SSSR count). The first-order valence-corrected chi connectivity index (χ1v) is 10.2. The van der Waals surface area contributed by atoms with Gasteiger partial charge in [-0.05, 0) is 56.2 Å². The van der Waals surface area contributed by atoms with E-state index >= 15 is 0 Å². The molecule has 2 amide bonds. The van der Waals surface area contributed by atoms with Crippen molar-refractivity contribution in [2.24, 2.45) is 11.3 Å². The third-order valence-electron chi connectivity index (χ3n) is 6.35. The molecule has 2 heterocycles. The largest absolute Gasteiger partial charge is 0.375 e. The van der Waals surface area contributed by atoms with Gasteiger partial charge in [-0.3, -0.25) is 9.59 Å². The molecule has 27 heavy (non-hydrogen) atoms. The van der Waals surface area contributed by atoms with Crippen LogP contribution in [0.4, 0.5) is 5.69 Å². The molecule has 1 saturated carbocycles. The number of benzene rings is 1. The van der Waals surface area contributed by atoms with Crippen LogP contribution in [0.5, 0.6) is 0 Å². The van der Waals surface area contributed by atoms with Crippen molar-refractivity contribution in [2.45, 2.75) is 58.5 Å². The molecule has 0 bridgehead atoms. The average Bonchev–Trinajstić information content (AvgIpc) is 3.44. The summed E-state index contributed by atoms with van der Waals surface area (Å²) in [5, 5.41) is 11.6. The van der Waals surface area contributed by atoms with E-state index in [-0.39, 0.29) is 11.8 Å². The topological polar surface area (TPSA) is 60.9 Å². The number of amides is 2. The van der Waals surface area contributed by atoms with E-state index in [1.165, 1.54) is 6.42 Å². The summed E-state index contributed by atoms with van der Waals surface area (Å²) < 4.78 is 0. The number of carbonyl (C=O) groups excluding carboxylic acids is 2. The van der Waals surface area contributed by atoms with E-state index in [0.717, 1.165) is 44.5 Å². The van der Waals surface area contributed by atoms with Crippen LogP contribution in [0.15, 0.2) is 18.2 Å². The number of rotatable bonds is 3. The molecule has 1 atom stereocenters. The molecule has 0 aromatic heterocycles. The van der Waals surface area contributed by atoms with Crippen molar-refractivity contribution < 1.29 is 14.7 Å². The fourth-order valence-corrected chi connectivity index (χ4v) is 4.36. The molecule has 1 saturated heterocycles. The smallest absolute Gasteiger partial charge is 0.264 e. The molecule has 2 aliphatic heterocycles. The highest BCUT2D eigenvalue weighted by Crippen LogP contribution is 2.51. The molecule has 1 aromatic carbocycles. The van der Waals surface area contributed by atoms with Crippen LogP contribution in [-0.4, -0.2) is 41.5 Å². The lowest BCUT2D eigenvalue weighted by Crippen LogP contribution is -2.49. The van der Waals surface area contributed by atoms with Crippen molar-refractivity contribution in [2.75, 3.05) is 24.5 Å². The van der Waals surface area contributed by atoms with Gasteiger partial charge >= 0.3 is 0 Å². The van der Waals surface area contributed by atoms with Crippen molar-refractivity contribution in [3.8, 4) is 0 Å². The van der Waals surface area contributed by atoms with E-state index in [0.29, 0.717) is 23.6 Å². The van der Waals surface area contributed by atoms with Gasteiger partial charge in [0.1, 0.15) is 0 Å². The van der Waals surface area contributed by atoms with Gasteiger partial charge in [0.25, 0.3) is 11.8 Å². The van der Waals surface area contributed by atoms with Crippen LogP contribution in [0.2, 0.25) is 0 Å². The molecule has 146 valence electrons. The first-order valence-electron chi connectivity index (χ1n) is 10.2. The van der Waals surface area contributed by atoms with E-state index < -0.39 is 11.0 Å². The van der Waals surface area contributed by atoms with Crippen molar-refractivity contribution in [3.63, 3.8) is 0 Å². The number of likely N-dealkylation sites (tertiary alicyclic amines) is 1. The van der Waals surface area contributed by atoms with Crippen LogP contribution < -0.4 is 4.90 Å². The highest BCUT2D eigenvalue weighted by atomic mass is 16.3. The summed E-state index contributed by atoms with van der Waals surface area (Å²) >= 11 is 0. The second-order valence-electron chi connectivity index (χ2n) is 9.40. The van der Waals surface area contributed by atoms with Crippen molar-refractivity contribution in [3.05, 3.63) is 29.3 Å². The predicted octanol–water partition coefficient (Wildman–Crippen LogP) is 3.30. The monoisotopic (exact) mass is 370 g/mol. The molecular weight excluding hydrogens is 340 g/mol. The number of fused-ring (bicyclic) bond motifs is 1. The molecule has 1 unspecified atom stereocenters. The van der Waals surface area contributed by atoms with Gasteiger partial charge in [0.05, 0.1) is 5.69 Å². The summed E-state index contributed by atoms with van der Waals surface area (Å²) in [7, 11) is 0. The Morgan fingerprint density at radius 3 is 2.44 bits per heavy atom. The van der Waals surface area contributed by atoms with Crippen LogP contribution in [0, 0.1) is 11.3 Å². The summed E-state index contributed by atoms with van der Waals surface area (Å²) in [5.74, 6) is 0.278. The molecule has 0 radical (unpaired) electrons. The lowest BCUT2D eigenvalue weighted by molar-refractivity contribution is -0.148. The standard InChI is InChI=1S/C22H30N2O3/c1-21(2,3)22(27)17-13-16(19(25)23-11-5-4-6-12-23)9-10-18(17)24(20(22)26)14-15-7-8-15/h9-10,13,15,27H,4-8,11-12,14H2,1-3H3. The van der Waals surface area contributed by atoms with E-state index in [1.54, 1.807) is 11.0 Å². The zero-order chi connectivity index (χ0) is 19.4. The Morgan fingerprint density at radius 2 is 1.85 bits per heavy atom. The van der Waals surface area contributed by atoms with E-state index in [2.05, 4.69) is 0 Å². The lowest BCUT2D eigenvalue weighted by atomic mass is 9.72. The van der Waals surface area contributed by atoms with Gasteiger partial charge < -0.3 is 14.9 Å². The Hall–Kier alpha value is -1.88. The molecule has 5 nitrogen and oxygen atoms in total. The summed E-state index contributed by atoms with van der Waals surface area (Å²) in [6, 6.07) is 5.44. The minimum absolute atomic E-state index is 0.00171. The van der Waals surface area contributed by atoms with Crippen LogP contribution in [0.25, 0.3) is 0 Å². The molecular formula is C22H30N2O3. The second-order valence-corrected chi connectivity index (χ2v) is 9.40. The highest BCUT2D eigenvalue weighted by Gasteiger charge is 2.57. The SMILES string of the molecule is CC(C)(C)C1(O)C(=O)N(CC2CC2)c2ccc(C(=O)N3CCCCC3)cc21. The van der Waals surface area contributed by atoms with Gasteiger partial charge in [-0.1, -0.05) is 20.8 Å². The lowest BCUT2D eigenvalue weighted by Gasteiger charge is -2.36. The van der Waals surface area contributed by atoms with Crippen LogP contribution in [0.1, 0.15) is 68.8 Å². The highest BCUT2D eigenvalue weighted by molar-refractivity contribution is 6.08. The summed E-state index contributed by atoms with van der Waals surface area (Å²) in [5.41, 5.74) is -0.346. The summed E-state index contributed by atoms with van der Waals surface area (Å²) in [6.07, 6.45) is 5.52. The predicted molar refractivity (Wildman–Crippen MR) is 105 cm³/mol. The maximum Gasteiger partial charge on any atom is 0.264 e. The van der Waals surface area contributed by atoms with Crippen LogP contribution in [0.3, 0.4) is 0 Å². The molecule has 5 heteroatoms. The summed E-state index contributed by atoms with van der Waals surface area (Å²) in [4.78, 5) is 29.8. The zero-order valence-electron chi connectivity index (χ0n) is 16.6. The number of aliphatic hydroxyl groups is 1. The maximum absolute atomic E-state index is 13.3. The minimum atomic E-state index is -1.60. The average molecular weight is 370 g/mol. The Balaban J connectivity index is 1.74. The number of nitrogens with zero attached hydrogens (tertiary/aromatic N) is 2. The Morgan fingerprint density at radius 1 is 1.19 bits per heavy atom. The van der Waals surface area contributed by atoms with Gasteiger partial charge in [0.2, 0.25) is 0 Å². The van der Waals surface area contributed by atoms with Crippen LogP contribution in [-0.2, 0) is 10.4 Å². The fourth-order valence-electron chi connectivity index (χ4n) is 4.36. The van der Waals surface area contributed by atoms with Crippen molar-refractivity contribution in [1.82, 2.24) is 4.90 Å². The van der Waals surface area contributed by atoms with Gasteiger partial charge in [-0.2, -0.15) is 0 Å². The van der Waals surface area contributed by atoms with Gasteiger partial charge in [0.15, 0.2) is 5.60 Å². The number of anilines is 1. The third-order valence-corrected chi connectivity index (χ3v) is 6.35. The molecule has 1 aromatic rings. The Bertz CT molecular complexity index is 772. The zero-order valence-corrected chi connectivity index (χ0v) is 16.6. The molecule has 2 fully saturated rings. The van der Waals surface area contributed by atoms with E-state index in [9.17, 15) is 14.7 Å². The fraction of sp³-hybridized carbons (Fsp3) is 0.636. The minimum Gasteiger partial charge on any atom is -0.375 e. The van der Waals surface area contributed by atoms with E-state index in [1.807, 2.05) is 37.8 Å². The molecule has 3 aliphatic rings. The van der Waals surface area contributed by atoms with E-state index in [4.69, 9.17) is 0 Å².